The van der Waals surface area contributed by atoms with E-state index in [2.05, 4.69) is 24.3 Å². The summed E-state index contributed by atoms with van der Waals surface area (Å²) in [7, 11) is 0. The Labute approximate surface area is 270 Å². The Kier molecular flexibility index (Phi) is 6.35. The summed E-state index contributed by atoms with van der Waals surface area (Å²) in [4.78, 5) is 24.7. The molecule has 6 heteroatoms. The van der Waals surface area contributed by atoms with Crippen LogP contribution in [-0.4, -0.2) is 24.9 Å². The van der Waals surface area contributed by atoms with E-state index in [0.717, 1.165) is 72.2 Å². The Balaban J connectivity index is 1.12. The van der Waals surface area contributed by atoms with Crippen LogP contribution in [0.15, 0.2) is 156 Å². The molecule has 0 saturated heterocycles. The van der Waals surface area contributed by atoms with E-state index >= 15 is 0 Å². The van der Waals surface area contributed by atoms with Gasteiger partial charge < -0.3 is 4.42 Å². The molecule has 6 nitrogen and oxygen atoms in total. The molecule has 0 aliphatic rings. The molecule has 0 radical (unpaired) electrons. The standard InChI is InChI=1S/C41H25N5O/c1-3-11-26(12-4-1)39-44-40(27-13-5-2-6-14-27)46-41(45-39)29-16-9-15-28(25-29)30-18-10-19-33-31(30)21-22-34(42-33)35-23-24-37-38(43-35)32-17-7-8-20-36(32)47-37/h1-25H. The van der Waals surface area contributed by atoms with Gasteiger partial charge in [0, 0.05) is 27.5 Å². The van der Waals surface area contributed by atoms with Crippen LogP contribution in [0.2, 0.25) is 0 Å². The van der Waals surface area contributed by atoms with E-state index in [1.54, 1.807) is 0 Å². The minimum Gasteiger partial charge on any atom is -0.454 e. The van der Waals surface area contributed by atoms with Crippen molar-refractivity contribution in [3.05, 3.63) is 152 Å². The minimum atomic E-state index is 0.619. The van der Waals surface area contributed by atoms with Gasteiger partial charge in [0.15, 0.2) is 23.1 Å². The highest BCUT2D eigenvalue weighted by atomic mass is 16.3. The van der Waals surface area contributed by atoms with Gasteiger partial charge in [-0.15, -0.1) is 0 Å². The zero-order valence-electron chi connectivity index (χ0n) is 25.1. The second-order valence-corrected chi connectivity index (χ2v) is 11.3. The van der Waals surface area contributed by atoms with E-state index in [-0.39, 0.29) is 0 Å². The Morgan fingerprint density at radius 3 is 1.72 bits per heavy atom. The molecule has 0 unspecified atom stereocenters. The third-order valence-corrected chi connectivity index (χ3v) is 8.35. The van der Waals surface area contributed by atoms with E-state index in [0.29, 0.717) is 17.5 Å². The van der Waals surface area contributed by atoms with Crippen LogP contribution in [0.5, 0.6) is 0 Å². The lowest BCUT2D eigenvalue weighted by Crippen LogP contribution is -2.00. The number of hydrogen-bond acceptors (Lipinski definition) is 6. The number of nitrogens with zero attached hydrogens (tertiary/aromatic N) is 5. The molecule has 9 rings (SSSR count). The van der Waals surface area contributed by atoms with Gasteiger partial charge in [-0.3, -0.25) is 0 Å². The molecule has 0 saturated carbocycles. The molecule has 9 aromatic rings. The van der Waals surface area contributed by atoms with Crippen LogP contribution in [0.4, 0.5) is 0 Å². The van der Waals surface area contributed by atoms with Crippen molar-refractivity contribution in [3.8, 4) is 56.7 Å². The zero-order valence-corrected chi connectivity index (χ0v) is 25.1. The average Bonchev–Trinajstić information content (AvgIpc) is 3.53. The summed E-state index contributed by atoms with van der Waals surface area (Å²) in [6, 6.07) is 50.7. The van der Waals surface area contributed by atoms with Gasteiger partial charge in [0.1, 0.15) is 11.1 Å². The molecule has 220 valence electrons. The normalized spacial score (nSPS) is 11.4. The van der Waals surface area contributed by atoms with Gasteiger partial charge in [0.25, 0.3) is 0 Å². The van der Waals surface area contributed by atoms with Gasteiger partial charge in [-0.1, -0.05) is 103 Å². The number of hydrogen-bond donors (Lipinski definition) is 0. The Morgan fingerprint density at radius 1 is 0.362 bits per heavy atom. The lowest BCUT2D eigenvalue weighted by atomic mass is 9.98. The minimum absolute atomic E-state index is 0.619. The van der Waals surface area contributed by atoms with Crippen molar-refractivity contribution < 1.29 is 4.42 Å². The van der Waals surface area contributed by atoms with Crippen molar-refractivity contribution in [3.63, 3.8) is 0 Å². The summed E-state index contributed by atoms with van der Waals surface area (Å²) >= 11 is 0. The maximum Gasteiger partial charge on any atom is 0.164 e. The molecule has 0 bridgehead atoms. The van der Waals surface area contributed by atoms with Gasteiger partial charge in [0.05, 0.1) is 16.9 Å². The number of para-hydroxylation sites is 1. The first kappa shape index (κ1) is 26.8. The maximum atomic E-state index is 5.98. The molecule has 0 N–H and O–H groups in total. The summed E-state index contributed by atoms with van der Waals surface area (Å²) in [6.45, 7) is 0. The highest BCUT2D eigenvalue weighted by Crippen LogP contribution is 2.34. The number of rotatable bonds is 5. The Hall–Kier alpha value is -6.53. The highest BCUT2D eigenvalue weighted by Gasteiger charge is 2.15. The molecule has 47 heavy (non-hydrogen) atoms. The Morgan fingerprint density at radius 2 is 0.957 bits per heavy atom. The first-order chi connectivity index (χ1) is 23.3. The third kappa shape index (κ3) is 4.89. The van der Waals surface area contributed by atoms with Crippen molar-refractivity contribution in [1.29, 1.82) is 0 Å². The second-order valence-electron chi connectivity index (χ2n) is 11.3. The van der Waals surface area contributed by atoms with Gasteiger partial charge in [-0.25, -0.2) is 24.9 Å². The second kappa shape index (κ2) is 11.1. The van der Waals surface area contributed by atoms with Crippen molar-refractivity contribution in [2.45, 2.75) is 0 Å². The van der Waals surface area contributed by atoms with Crippen LogP contribution in [0.3, 0.4) is 0 Å². The van der Waals surface area contributed by atoms with Crippen LogP contribution in [0.1, 0.15) is 0 Å². The summed E-state index contributed by atoms with van der Waals surface area (Å²) in [5.41, 5.74) is 9.85. The number of benzene rings is 5. The van der Waals surface area contributed by atoms with Gasteiger partial charge in [0.2, 0.25) is 0 Å². The van der Waals surface area contributed by atoms with E-state index in [1.807, 2.05) is 127 Å². The van der Waals surface area contributed by atoms with E-state index in [9.17, 15) is 0 Å². The molecular formula is C41H25N5O. The molecule has 0 amide bonds. The smallest absolute Gasteiger partial charge is 0.164 e. The lowest BCUT2D eigenvalue weighted by Gasteiger charge is -2.11. The summed E-state index contributed by atoms with van der Waals surface area (Å²) in [5, 5.41) is 2.05. The van der Waals surface area contributed by atoms with Crippen LogP contribution >= 0.6 is 0 Å². The van der Waals surface area contributed by atoms with Crippen LogP contribution < -0.4 is 0 Å². The predicted octanol–water partition coefficient (Wildman–Crippen LogP) is 10.0. The number of pyridine rings is 2. The highest BCUT2D eigenvalue weighted by molar-refractivity contribution is 6.03. The third-order valence-electron chi connectivity index (χ3n) is 8.35. The lowest BCUT2D eigenvalue weighted by molar-refractivity contribution is 0.668. The molecule has 0 spiro atoms. The Bertz CT molecular complexity index is 2520. The number of aromatic nitrogens is 5. The summed E-state index contributed by atoms with van der Waals surface area (Å²) in [6.07, 6.45) is 0. The molecule has 5 aromatic carbocycles. The summed E-state index contributed by atoms with van der Waals surface area (Å²) in [5.74, 6) is 1.89. The number of fused-ring (bicyclic) bond motifs is 4. The van der Waals surface area contributed by atoms with Crippen molar-refractivity contribution in [2.75, 3.05) is 0 Å². The molecule has 0 atom stereocenters. The topological polar surface area (TPSA) is 77.6 Å². The van der Waals surface area contributed by atoms with Crippen LogP contribution in [0.25, 0.3) is 89.7 Å². The summed E-state index contributed by atoms with van der Waals surface area (Å²) < 4.78 is 5.98. The quantitative estimate of drug-likeness (QED) is 0.195. The predicted molar refractivity (Wildman–Crippen MR) is 187 cm³/mol. The molecule has 0 fully saturated rings. The largest absolute Gasteiger partial charge is 0.454 e. The van der Waals surface area contributed by atoms with E-state index < -0.39 is 0 Å². The fraction of sp³-hybridized carbons (Fsp3) is 0. The van der Waals surface area contributed by atoms with Gasteiger partial charge in [-0.2, -0.15) is 0 Å². The van der Waals surface area contributed by atoms with Crippen molar-refractivity contribution in [1.82, 2.24) is 24.9 Å². The average molecular weight is 604 g/mol. The molecule has 0 aliphatic carbocycles. The molecular weight excluding hydrogens is 578 g/mol. The molecule has 0 aliphatic heterocycles. The zero-order chi connectivity index (χ0) is 31.2. The van der Waals surface area contributed by atoms with Gasteiger partial charge >= 0.3 is 0 Å². The number of furan rings is 1. The monoisotopic (exact) mass is 603 g/mol. The van der Waals surface area contributed by atoms with Gasteiger partial charge in [-0.05, 0) is 59.7 Å². The molecule has 4 aromatic heterocycles. The SMILES string of the molecule is c1ccc(-c2nc(-c3ccccc3)nc(-c3cccc(-c4cccc5nc(-c6ccc7oc8ccccc8c7n6)ccc45)c3)n2)cc1. The van der Waals surface area contributed by atoms with Crippen LogP contribution in [0, 0.1) is 0 Å². The first-order valence-electron chi connectivity index (χ1n) is 15.4. The maximum absolute atomic E-state index is 5.98. The van der Waals surface area contributed by atoms with Crippen LogP contribution in [-0.2, 0) is 0 Å². The van der Waals surface area contributed by atoms with Crippen molar-refractivity contribution >= 4 is 33.0 Å². The first-order valence-corrected chi connectivity index (χ1v) is 15.4. The van der Waals surface area contributed by atoms with E-state index in [1.165, 1.54) is 0 Å². The van der Waals surface area contributed by atoms with E-state index in [4.69, 9.17) is 29.3 Å². The fourth-order valence-electron chi connectivity index (χ4n) is 6.05. The fourth-order valence-corrected chi connectivity index (χ4v) is 6.05. The molecule has 4 heterocycles. The van der Waals surface area contributed by atoms with Crippen molar-refractivity contribution in [2.24, 2.45) is 0 Å².